The van der Waals surface area contributed by atoms with Gasteiger partial charge in [0.15, 0.2) is 0 Å². The Morgan fingerprint density at radius 2 is 2.13 bits per heavy atom. The molecule has 0 unspecified atom stereocenters. The first kappa shape index (κ1) is 9.81. The van der Waals surface area contributed by atoms with Gasteiger partial charge in [0.05, 0.1) is 11.9 Å². The summed E-state index contributed by atoms with van der Waals surface area (Å²) in [7, 11) is 0. The van der Waals surface area contributed by atoms with Crippen molar-refractivity contribution in [2.24, 2.45) is 0 Å². The zero-order chi connectivity index (χ0) is 10.5. The summed E-state index contributed by atoms with van der Waals surface area (Å²) in [6.07, 6.45) is 1.66. The second kappa shape index (κ2) is 4.67. The average Bonchev–Trinajstić information content (AvgIpc) is 2.76. The first-order valence-corrected chi connectivity index (χ1v) is 5.39. The van der Waals surface area contributed by atoms with Crippen molar-refractivity contribution in [2.45, 2.75) is 5.75 Å². The highest BCUT2D eigenvalue weighted by Crippen LogP contribution is 2.20. The van der Waals surface area contributed by atoms with Crippen molar-refractivity contribution in [3.63, 3.8) is 0 Å². The summed E-state index contributed by atoms with van der Waals surface area (Å²) in [6, 6.07) is 9.69. The first-order valence-electron chi connectivity index (χ1n) is 4.41. The third kappa shape index (κ3) is 2.39. The Bertz CT molecular complexity index is 473. The zero-order valence-electron chi connectivity index (χ0n) is 7.88. The van der Waals surface area contributed by atoms with Crippen LogP contribution in [0.1, 0.15) is 5.76 Å². The number of rotatable bonds is 3. The molecule has 4 heteroatoms. The lowest BCUT2D eigenvalue weighted by atomic mass is 10.2. The molecule has 0 radical (unpaired) electrons. The molecule has 0 amide bonds. The van der Waals surface area contributed by atoms with Crippen LogP contribution >= 0.6 is 11.8 Å². The molecule has 0 aliphatic carbocycles. The van der Waals surface area contributed by atoms with Gasteiger partial charge in [0.2, 0.25) is 5.89 Å². The van der Waals surface area contributed by atoms with Crippen molar-refractivity contribution in [1.82, 2.24) is 4.98 Å². The third-order valence-electron chi connectivity index (χ3n) is 1.85. The van der Waals surface area contributed by atoms with Crippen LogP contribution < -0.4 is 0 Å². The van der Waals surface area contributed by atoms with Crippen LogP contribution in [-0.4, -0.2) is 4.98 Å². The zero-order valence-corrected chi connectivity index (χ0v) is 8.70. The monoisotopic (exact) mass is 216 g/mol. The fourth-order valence-electron chi connectivity index (χ4n) is 1.19. The number of hydrogen-bond donors (Lipinski definition) is 0. The molecule has 0 atom stereocenters. The van der Waals surface area contributed by atoms with Crippen molar-refractivity contribution >= 4 is 11.8 Å². The molecule has 3 nitrogen and oxygen atoms in total. The lowest BCUT2D eigenvalue weighted by Gasteiger charge is -1.93. The van der Waals surface area contributed by atoms with Gasteiger partial charge in [0, 0.05) is 5.56 Å². The second-order valence-electron chi connectivity index (χ2n) is 2.88. The number of nitrogens with zero attached hydrogens (tertiary/aromatic N) is 2. The molecule has 2 rings (SSSR count). The number of oxazole rings is 1. The maximum Gasteiger partial charge on any atom is 0.226 e. The number of nitriles is 1. The summed E-state index contributed by atoms with van der Waals surface area (Å²) < 4.78 is 5.49. The van der Waals surface area contributed by atoms with E-state index in [1.807, 2.05) is 35.7 Å². The number of benzene rings is 1. The smallest absolute Gasteiger partial charge is 0.226 e. The van der Waals surface area contributed by atoms with Gasteiger partial charge in [0.1, 0.15) is 11.2 Å². The predicted octanol–water partition coefficient (Wildman–Crippen LogP) is 3.06. The van der Waals surface area contributed by atoms with Gasteiger partial charge in [-0.3, -0.25) is 0 Å². The number of hydrogen-bond acceptors (Lipinski definition) is 4. The van der Waals surface area contributed by atoms with E-state index in [2.05, 4.69) is 4.98 Å². The molecule has 1 heterocycles. The van der Waals surface area contributed by atoms with Crippen LogP contribution in [0, 0.1) is 10.7 Å². The topological polar surface area (TPSA) is 49.8 Å². The largest absolute Gasteiger partial charge is 0.440 e. The highest BCUT2D eigenvalue weighted by Gasteiger charge is 2.05. The molecule has 2 aromatic rings. The van der Waals surface area contributed by atoms with E-state index in [9.17, 15) is 0 Å². The van der Waals surface area contributed by atoms with Gasteiger partial charge in [0.25, 0.3) is 0 Å². The van der Waals surface area contributed by atoms with Crippen LogP contribution in [0.4, 0.5) is 0 Å². The Morgan fingerprint density at radius 1 is 1.33 bits per heavy atom. The Balaban J connectivity index is 2.18. The Kier molecular flexibility index (Phi) is 3.05. The Labute approximate surface area is 91.7 Å². The molecule has 0 saturated carbocycles. The quantitative estimate of drug-likeness (QED) is 0.740. The molecule has 0 spiro atoms. The normalized spacial score (nSPS) is 9.80. The van der Waals surface area contributed by atoms with Gasteiger partial charge in [-0.25, -0.2) is 4.98 Å². The van der Waals surface area contributed by atoms with Gasteiger partial charge < -0.3 is 4.42 Å². The summed E-state index contributed by atoms with van der Waals surface area (Å²) in [6.45, 7) is 0. The molecule has 15 heavy (non-hydrogen) atoms. The minimum Gasteiger partial charge on any atom is -0.440 e. The molecule has 1 aromatic heterocycles. The number of thioether (sulfide) groups is 1. The highest BCUT2D eigenvalue weighted by atomic mass is 32.2. The average molecular weight is 216 g/mol. The van der Waals surface area contributed by atoms with Crippen LogP contribution in [0.3, 0.4) is 0 Å². The van der Waals surface area contributed by atoms with E-state index in [1.54, 1.807) is 6.20 Å². The Morgan fingerprint density at radius 3 is 2.87 bits per heavy atom. The molecule has 0 fully saturated rings. The second-order valence-corrected chi connectivity index (χ2v) is 3.64. The van der Waals surface area contributed by atoms with Crippen LogP contribution in [0.25, 0.3) is 11.5 Å². The van der Waals surface area contributed by atoms with Gasteiger partial charge in [-0.1, -0.05) is 18.2 Å². The van der Waals surface area contributed by atoms with Crippen molar-refractivity contribution in [3.05, 3.63) is 42.3 Å². The van der Waals surface area contributed by atoms with Gasteiger partial charge in [-0.15, -0.1) is 0 Å². The van der Waals surface area contributed by atoms with Crippen LogP contribution in [0.2, 0.25) is 0 Å². The summed E-state index contributed by atoms with van der Waals surface area (Å²) in [4.78, 5) is 4.15. The predicted molar refractivity (Wildman–Crippen MR) is 58.8 cm³/mol. The molecule has 1 aromatic carbocycles. The molecule has 0 aliphatic rings. The van der Waals surface area contributed by atoms with E-state index in [0.717, 1.165) is 23.1 Å². The molecule has 0 bridgehead atoms. The minimum absolute atomic E-state index is 0.538. The molecule has 74 valence electrons. The van der Waals surface area contributed by atoms with Crippen molar-refractivity contribution in [3.8, 4) is 16.9 Å². The molecule has 0 aliphatic heterocycles. The van der Waals surface area contributed by atoms with Gasteiger partial charge in [-0.2, -0.15) is 5.26 Å². The maximum absolute atomic E-state index is 8.40. The third-order valence-corrected chi connectivity index (χ3v) is 2.41. The summed E-state index contributed by atoms with van der Waals surface area (Å²) in [5, 5.41) is 10.4. The maximum atomic E-state index is 8.40. The van der Waals surface area contributed by atoms with Crippen molar-refractivity contribution < 1.29 is 4.42 Å². The van der Waals surface area contributed by atoms with E-state index >= 15 is 0 Å². The summed E-state index contributed by atoms with van der Waals surface area (Å²) in [5.41, 5.74) is 0.950. The van der Waals surface area contributed by atoms with Crippen molar-refractivity contribution in [2.75, 3.05) is 0 Å². The summed E-state index contributed by atoms with van der Waals surface area (Å²) >= 11 is 1.14. The van der Waals surface area contributed by atoms with E-state index in [-0.39, 0.29) is 0 Å². The van der Waals surface area contributed by atoms with Gasteiger partial charge in [-0.05, 0) is 23.9 Å². The van der Waals surface area contributed by atoms with E-state index in [1.165, 1.54) is 0 Å². The molecule has 0 saturated heterocycles. The molecule has 0 N–H and O–H groups in total. The van der Waals surface area contributed by atoms with Crippen LogP contribution in [0.5, 0.6) is 0 Å². The molecular formula is C11H8N2OS. The highest BCUT2D eigenvalue weighted by molar-refractivity contribution is 8.02. The van der Waals surface area contributed by atoms with Crippen LogP contribution in [0.15, 0.2) is 40.9 Å². The number of thiocyanates is 1. The van der Waals surface area contributed by atoms with Gasteiger partial charge >= 0.3 is 0 Å². The molecular weight excluding hydrogens is 208 g/mol. The Hall–Kier alpha value is -1.73. The summed E-state index contributed by atoms with van der Waals surface area (Å²) in [5.74, 6) is 1.86. The number of aromatic nitrogens is 1. The fraction of sp³-hybridized carbons (Fsp3) is 0.0909. The van der Waals surface area contributed by atoms with Crippen molar-refractivity contribution in [1.29, 1.82) is 5.26 Å². The van der Waals surface area contributed by atoms with E-state index in [0.29, 0.717) is 11.6 Å². The fourth-order valence-corrected chi connectivity index (χ4v) is 1.53. The standard InChI is InChI=1S/C11H8N2OS/c12-8-15-7-10-6-13-11(14-10)9-4-2-1-3-5-9/h1-6H,7H2. The van der Waals surface area contributed by atoms with Crippen LogP contribution in [-0.2, 0) is 5.75 Å². The SMILES string of the molecule is N#CSCc1cnc(-c2ccccc2)o1. The lowest BCUT2D eigenvalue weighted by molar-refractivity contribution is 0.539. The lowest BCUT2D eigenvalue weighted by Crippen LogP contribution is -1.74. The van der Waals surface area contributed by atoms with E-state index < -0.39 is 0 Å². The first-order chi connectivity index (χ1) is 7.40. The minimum atomic E-state index is 0.538. The van der Waals surface area contributed by atoms with E-state index in [4.69, 9.17) is 9.68 Å².